The summed E-state index contributed by atoms with van der Waals surface area (Å²) >= 11 is 6.16. The van der Waals surface area contributed by atoms with E-state index in [4.69, 9.17) is 16.6 Å². The lowest BCUT2D eigenvalue weighted by Crippen LogP contribution is -2.39. The van der Waals surface area contributed by atoms with Crippen molar-refractivity contribution in [3.05, 3.63) is 52.8 Å². The molecule has 4 heterocycles. The molecule has 2 aliphatic heterocycles. The maximum Gasteiger partial charge on any atom is 0.256 e. The Bertz CT molecular complexity index is 1500. The summed E-state index contributed by atoms with van der Waals surface area (Å²) in [5.74, 6) is -0.177. The number of aliphatic hydroxyl groups excluding tert-OH is 1. The van der Waals surface area contributed by atoms with Crippen LogP contribution in [-0.2, 0) is 10.0 Å². The number of hydrogen-bond donors (Lipinski definition) is 2. The van der Waals surface area contributed by atoms with E-state index in [1.54, 1.807) is 21.7 Å². The highest BCUT2D eigenvalue weighted by Gasteiger charge is 2.34. The molecule has 2 saturated heterocycles. The number of sulfonamides is 1. The molecule has 37 heavy (non-hydrogen) atoms. The Hall–Kier alpha value is -3.40. The van der Waals surface area contributed by atoms with Crippen LogP contribution in [-0.4, -0.2) is 70.9 Å². The number of likely N-dealkylation sites (tertiary alicyclic amines) is 1. The molecule has 0 saturated carbocycles. The normalized spacial score (nSPS) is 22.3. The Labute approximate surface area is 219 Å². The zero-order valence-corrected chi connectivity index (χ0v) is 21.7. The summed E-state index contributed by atoms with van der Waals surface area (Å²) in [7, 11) is -3.60. The Balaban J connectivity index is 1.45. The van der Waals surface area contributed by atoms with E-state index in [1.165, 1.54) is 18.2 Å². The lowest BCUT2D eigenvalue weighted by molar-refractivity contribution is 0.0607. The Morgan fingerprint density at radius 1 is 1.24 bits per heavy atom. The van der Waals surface area contributed by atoms with Crippen molar-refractivity contribution in [1.29, 1.82) is 5.26 Å². The fraction of sp³-hybridized carbons (Fsp3) is 0.417. The smallest absolute Gasteiger partial charge is 0.256 e. The molecule has 5 rings (SSSR count). The molecule has 2 N–H and O–H groups in total. The van der Waals surface area contributed by atoms with E-state index in [-0.39, 0.29) is 23.2 Å². The second-order valence-corrected chi connectivity index (χ2v) is 11.6. The van der Waals surface area contributed by atoms with Crippen LogP contribution >= 0.6 is 11.6 Å². The number of benzene rings is 1. The van der Waals surface area contributed by atoms with Crippen molar-refractivity contribution in [2.75, 3.05) is 35.5 Å². The second kappa shape index (κ2) is 9.81. The molecule has 0 bridgehead atoms. The maximum atomic E-state index is 13.7. The average molecular weight is 544 g/mol. The lowest BCUT2D eigenvalue weighted by atomic mass is 9.98. The van der Waals surface area contributed by atoms with E-state index in [0.717, 1.165) is 19.1 Å². The van der Waals surface area contributed by atoms with Crippen molar-refractivity contribution in [2.24, 2.45) is 5.92 Å². The highest BCUT2D eigenvalue weighted by Crippen LogP contribution is 2.34. The van der Waals surface area contributed by atoms with Gasteiger partial charge in [-0.15, -0.1) is 5.10 Å². The molecule has 3 atom stereocenters. The number of piperidine rings is 1. The third-order valence-electron chi connectivity index (χ3n) is 6.72. The molecule has 13 heteroatoms. The first-order valence-corrected chi connectivity index (χ1v) is 14.2. The van der Waals surface area contributed by atoms with Crippen molar-refractivity contribution < 1.29 is 18.3 Å². The van der Waals surface area contributed by atoms with Gasteiger partial charge < -0.3 is 14.9 Å². The third-order valence-corrected chi connectivity index (χ3v) is 7.54. The van der Waals surface area contributed by atoms with E-state index in [9.17, 15) is 23.6 Å². The first kappa shape index (κ1) is 25.3. The Morgan fingerprint density at radius 3 is 2.78 bits per heavy atom. The number of imidazole rings is 1. The van der Waals surface area contributed by atoms with Crippen molar-refractivity contribution in [1.82, 2.24) is 19.5 Å². The molecule has 1 aromatic carbocycles. The molecule has 0 unspecified atom stereocenters. The molecule has 2 aromatic heterocycles. The predicted molar refractivity (Wildman–Crippen MR) is 138 cm³/mol. The van der Waals surface area contributed by atoms with Crippen LogP contribution in [0.3, 0.4) is 0 Å². The number of fused-ring (bicyclic) bond motifs is 1. The minimum atomic E-state index is -3.60. The van der Waals surface area contributed by atoms with E-state index in [1.807, 2.05) is 11.0 Å². The summed E-state index contributed by atoms with van der Waals surface area (Å²) < 4.78 is 27.8. The standard InChI is InChI=1S/C24H26ClN7O4S/c1-37(35,36)29-18-6-5-16(25)10-17(18)24(34)31-9-3-2-4-20(31)19-13-32-22(27-19)7-8-23(28-32)30-12-15(11-26)21(33)14-30/h5-8,10,13,15,20-21,29,33H,2-4,9,12,14H2,1H3/t15-,20+,21+/m1/s1. The summed E-state index contributed by atoms with van der Waals surface area (Å²) in [6.07, 6.45) is 4.51. The van der Waals surface area contributed by atoms with Gasteiger partial charge in [0.15, 0.2) is 5.65 Å². The van der Waals surface area contributed by atoms with Gasteiger partial charge >= 0.3 is 0 Å². The summed E-state index contributed by atoms with van der Waals surface area (Å²) in [5.41, 5.74) is 1.63. The van der Waals surface area contributed by atoms with Gasteiger partial charge in [-0.3, -0.25) is 9.52 Å². The fourth-order valence-electron chi connectivity index (χ4n) is 4.94. The Morgan fingerprint density at radius 2 is 2.05 bits per heavy atom. The minimum Gasteiger partial charge on any atom is -0.390 e. The molecule has 0 spiro atoms. The van der Waals surface area contributed by atoms with Gasteiger partial charge in [-0.1, -0.05) is 11.6 Å². The zero-order valence-electron chi connectivity index (χ0n) is 20.1. The molecule has 3 aromatic rings. The summed E-state index contributed by atoms with van der Waals surface area (Å²) in [4.78, 5) is 22.0. The topological polar surface area (TPSA) is 144 Å². The molecular weight excluding hydrogens is 518 g/mol. The molecule has 194 valence electrons. The van der Waals surface area contributed by atoms with Crippen LogP contribution in [0.4, 0.5) is 11.5 Å². The van der Waals surface area contributed by atoms with Crippen molar-refractivity contribution in [3.63, 3.8) is 0 Å². The fourth-order valence-corrected chi connectivity index (χ4v) is 5.69. The van der Waals surface area contributed by atoms with Crippen molar-refractivity contribution in [3.8, 4) is 6.07 Å². The van der Waals surface area contributed by atoms with Crippen LogP contribution < -0.4 is 9.62 Å². The molecule has 0 radical (unpaired) electrons. The van der Waals surface area contributed by atoms with Gasteiger partial charge in [0.2, 0.25) is 10.0 Å². The number of hydrogen-bond acceptors (Lipinski definition) is 8. The zero-order chi connectivity index (χ0) is 26.3. The van der Waals surface area contributed by atoms with Crippen LogP contribution in [0, 0.1) is 17.2 Å². The highest BCUT2D eigenvalue weighted by molar-refractivity contribution is 7.92. The van der Waals surface area contributed by atoms with Gasteiger partial charge in [0.1, 0.15) is 5.82 Å². The van der Waals surface area contributed by atoms with E-state index >= 15 is 0 Å². The van der Waals surface area contributed by atoms with Gasteiger partial charge in [0.05, 0.1) is 53.5 Å². The number of aliphatic hydroxyl groups is 1. The van der Waals surface area contributed by atoms with Crippen molar-refractivity contribution >= 4 is 44.7 Å². The first-order valence-electron chi connectivity index (χ1n) is 11.9. The number of nitrogens with one attached hydrogen (secondary N) is 1. The van der Waals surface area contributed by atoms with E-state index in [2.05, 4.69) is 15.9 Å². The number of nitriles is 1. The predicted octanol–water partition coefficient (Wildman–Crippen LogP) is 2.44. The number of nitrogens with zero attached hydrogens (tertiary/aromatic N) is 6. The Kier molecular flexibility index (Phi) is 6.70. The van der Waals surface area contributed by atoms with Gasteiger partial charge in [-0.2, -0.15) is 5.26 Å². The lowest BCUT2D eigenvalue weighted by Gasteiger charge is -2.35. The number of β-amino-alcohol motifs (C(OH)–C–C–N with tert-alkyl or cyclic N) is 1. The maximum absolute atomic E-state index is 13.7. The number of halogens is 1. The SMILES string of the molecule is CS(=O)(=O)Nc1ccc(Cl)cc1C(=O)N1CCCC[C@H]1c1cn2nc(N3C[C@@H](C#N)[C@@H](O)C3)ccc2n1. The summed E-state index contributed by atoms with van der Waals surface area (Å²) in [5, 5.41) is 24.3. The number of carbonyl (C=O) groups is 1. The molecule has 0 aliphatic carbocycles. The van der Waals surface area contributed by atoms with Crippen LogP contribution in [0.25, 0.3) is 5.65 Å². The number of amides is 1. The summed E-state index contributed by atoms with van der Waals surface area (Å²) in [6, 6.07) is 9.91. The van der Waals surface area contributed by atoms with Crippen LogP contribution in [0.15, 0.2) is 36.5 Å². The second-order valence-electron chi connectivity index (χ2n) is 9.44. The molecule has 2 fully saturated rings. The minimum absolute atomic E-state index is 0.172. The monoisotopic (exact) mass is 543 g/mol. The van der Waals surface area contributed by atoms with Crippen LogP contribution in [0.1, 0.15) is 41.4 Å². The van der Waals surface area contributed by atoms with Crippen LogP contribution in [0.2, 0.25) is 5.02 Å². The van der Waals surface area contributed by atoms with Crippen LogP contribution in [0.5, 0.6) is 0 Å². The summed E-state index contributed by atoms with van der Waals surface area (Å²) in [6.45, 7) is 1.21. The largest absolute Gasteiger partial charge is 0.390 e. The van der Waals surface area contributed by atoms with E-state index in [0.29, 0.717) is 48.2 Å². The first-order chi connectivity index (χ1) is 17.6. The third kappa shape index (κ3) is 5.20. The number of aromatic nitrogens is 3. The molecule has 11 nitrogen and oxygen atoms in total. The quantitative estimate of drug-likeness (QED) is 0.499. The number of anilines is 2. The van der Waals surface area contributed by atoms with Gasteiger partial charge in [0, 0.05) is 24.7 Å². The van der Waals surface area contributed by atoms with Crippen molar-refractivity contribution in [2.45, 2.75) is 31.4 Å². The van der Waals surface area contributed by atoms with Gasteiger partial charge in [0.25, 0.3) is 5.91 Å². The van der Waals surface area contributed by atoms with Gasteiger partial charge in [-0.25, -0.2) is 17.9 Å². The van der Waals surface area contributed by atoms with E-state index < -0.39 is 22.0 Å². The molecule has 1 amide bonds. The molecule has 2 aliphatic rings. The number of carbonyl (C=O) groups excluding carboxylic acids is 1. The number of rotatable bonds is 5. The van der Waals surface area contributed by atoms with Gasteiger partial charge in [-0.05, 0) is 49.6 Å². The molecular formula is C24H26ClN7O4S. The average Bonchev–Trinajstić information content (AvgIpc) is 3.46. The highest BCUT2D eigenvalue weighted by atomic mass is 35.5.